The SMILES string of the molecule is Cc1ccc2[nH]cc(CCN3C[C@@H](C(=O)Nc4ccc(F)cc4)CC3=O)c2c1. The molecule has 0 aliphatic carbocycles. The Labute approximate surface area is 162 Å². The Balaban J connectivity index is 1.37. The van der Waals surface area contributed by atoms with Gasteiger partial charge in [-0.1, -0.05) is 11.6 Å². The van der Waals surface area contributed by atoms with Crippen LogP contribution in [0.25, 0.3) is 10.9 Å². The molecule has 0 spiro atoms. The van der Waals surface area contributed by atoms with E-state index in [2.05, 4.69) is 35.4 Å². The highest BCUT2D eigenvalue weighted by Crippen LogP contribution is 2.23. The minimum absolute atomic E-state index is 0.00437. The number of halogens is 1. The highest BCUT2D eigenvalue weighted by atomic mass is 19.1. The molecule has 1 saturated heterocycles. The second kappa shape index (κ2) is 7.46. The topological polar surface area (TPSA) is 65.2 Å². The average Bonchev–Trinajstić information content (AvgIpc) is 3.25. The smallest absolute Gasteiger partial charge is 0.229 e. The summed E-state index contributed by atoms with van der Waals surface area (Å²) >= 11 is 0. The molecular formula is C22H22FN3O2. The molecule has 2 amide bonds. The van der Waals surface area contributed by atoms with Crippen LogP contribution in [0.5, 0.6) is 0 Å². The van der Waals surface area contributed by atoms with Crippen molar-refractivity contribution in [2.45, 2.75) is 19.8 Å². The number of H-pyrrole nitrogens is 1. The van der Waals surface area contributed by atoms with E-state index in [9.17, 15) is 14.0 Å². The van der Waals surface area contributed by atoms with Gasteiger partial charge in [0.05, 0.1) is 5.92 Å². The van der Waals surface area contributed by atoms with E-state index in [1.54, 1.807) is 4.90 Å². The summed E-state index contributed by atoms with van der Waals surface area (Å²) in [5.41, 5.74) is 3.99. The second-order valence-corrected chi connectivity index (χ2v) is 7.35. The third kappa shape index (κ3) is 3.76. The lowest BCUT2D eigenvalue weighted by Crippen LogP contribution is -2.30. The van der Waals surface area contributed by atoms with Crippen molar-refractivity contribution < 1.29 is 14.0 Å². The molecular weight excluding hydrogens is 357 g/mol. The molecule has 1 aliphatic rings. The Hall–Kier alpha value is -3.15. The number of aromatic amines is 1. The summed E-state index contributed by atoms with van der Waals surface area (Å²) in [5, 5.41) is 3.94. The molecule has 2 N–H and O–H groups in total. The van der Waals surface area contributed by atoms with Crippen LogP contribution in [0.15, 0.2) is 48.7 Å². The van der Waals surface area contributed by atoms with E-state index in [1.165, 1.54) is 40.8 Å². The number of benzene rings is 2. The zero-order valence-corrected chi connectivity index (χ0v) is 15.7. The number of likely N-dealkylation sites (tertiary alicyclic amines) is 1. The first-order valence-corrected chi connectivity index (χ1v) is 9.40. The molecule has 6 heteroatoms. The summed E-state index contributed by atoms with van der Waals surface area (Å²) in [7, 11) is 0. The van der Waals surface area contributed by atoms with Gasteiger partial charge >= 0.3 is 0 Å². The van der Waals surface area contributed by atoms with Gasteiger partial charge in [-0.3, -0.25) is 9.59 Å². The van der Waals surface area contributed by atoms with Crippen LogP contribution in [-0.2, 0) is 16.0 Å². The van der Waals surface area contributed by atoms with Gasteiger partial charge in [0.1, 0.15) is 5.82 Å². The van der Waals surface area contributed by atoms with Crippen LogP contribution < -0.4 is 5.32 Å². The zero-order chi connectivity index (χ0) is 19.7. The lowest BCUT2D eigenvalue weighted by Gasteiger charge is -2.16. The Morgan fingerprint density at radius 2 is 2.04 bits per heavy atom. The standard InChI is InChI=1S/C22H22FN3O2/c1-14-2-7-20-19(10-14)15(12-24-20)8-9-26-13-16(11-21(26)27)22(28)25-18-5-3-17(23)4-6-18/h2-7,10,12,16,24H,8-9,11,13H2,1H3,(H,25,28)/t16-/m0/s1. The quantitative estimate of drug-likeness (QED) is 0.711. The molecule has 2 heterocycles. The van der Waals surface area contributed by atoms with E-state index < -0.39 is 0 Å². The summed E-state index contributed by atoms with van der Waals surface area (Å²) in [6, 6.07) is 11.9. The number of anilines is 1. The van der Waals surface area contributed by atoms with Gasteiger partial charge < -0.3 is 15.2 Å². The molecule has 1 atom stereocenters. The number of carbonyl (C=O) groups is 2. The Kier molecular flexibility index (Phi) is 4.86. The summed E-state index contributed by atoms with van der Waals surface area (Å²) in [5.74, 6) is -0.948. The molecule has 0 unspecified atom stereocenters. The number of hydrogen-bond donors (Lipinski definition) is 2. The highest BCUT2D eigenvalue weighted by Gasteiger charge is 2.34. The fourth-order valence-electron chi connectivity index (χ4n) is 3.70. The van der Waals surface area contributed by atoms with Crippen LogP contribution in [0.4, 0.5) is 10.1 Å². The maximum atomic E-state index is 13.0. The first-order valence-electron chi connectivity index (χ1n) is 9.40. The number of carbonyl (C=O) groups excluding carboxylic acids is 2. The lowest BCUT2D eigenvalue weighted by molar-refractivity contribution is -0.128. The van der Waals surface area contributed by atoms with Crippen LogP contribution in [0.2, 0.25) is 0 Å². The normalized spacial score (nSPS) is 16.7. The van der Waals surface area contributed by atoms with Crippen molar-refractivity contribution >= 4 is 28.4 Å². The number of nitrogens with one attached hydrogen (secondary N) is 2. The van der Waals surface area contributed by atoms with Gasteiger partial charge in [-0.15, -0.1) is 0 Å². The fourth-order valence-corrected chi connectivity index (χ4v) is 3.70. The Bertz CT molecular complexity index is 1030. The number of fused-ring (bicyclic) bond motifs is 1. The largest absolute Gasteiger partial charge is 0.361 e. The van der Waals surface area contributed by atoms with Crippen molar-refractivity contribution in [3.05, 3.63) is 65.6 Å². The summed E-state index contributed by atoms with van der Waals surface area (Å²) in [6.07, 6.45) is 2.94. The van der Waals surface area contributed by atoms with E-state index in [1.807, 2.05) is 6.20 Å². The van der Waals surface area contributed by atoms with Gasteiger partial charge in [0.15, 0.2) is 0 Å². The van der Waals surface area contributed by atoms with Crippen LogP contribution in [0.1, 0.15) is 17.5 Å². The van der Waals surface area contributed by atoms with Gasteiger partial charge in [-0.25, -0.2) is 4.39 Å². The molecule has 5 nitrogen and oxygen atoms in total. The molecule has 1 fully saturated rings. The molecule has 1 aliphatic heterocycles. The third-order valence-corrected chi connectivity index (χ3v) is 5.27. The Morgan fingerprint density at radius 1 is 1.25 bits per heavy atom. The van der Waals surface area contributed by atoms with Crippen molar-refractivity contribution in [2.75, 3.05) is 18.4 Å². The zero-order valence-electron chi connectivity index (χ0n) is 15.7. The minimum atomic E-state index is -0.386. The first kappa shape index (κ1) is 18.2. The predicted octanol–water partition coefficient (Wildman–Crippen LogP) is 3.65. The van der Waals surface area contributed by atoms with E-state index in [0.717, 1.165) is 11.9 Å². The molecule has 0 bridgehead atoms. The first-order chi connectivity index (χ1) is 13.5. The second-order valence-electron chi connectivity index (χ2n) is 7.35. The van der Waals surface area contributed by atoms with Gasteiger partial charge in [0.2, 0.25) is 11.8 Å². The van der Waals surface area contributed by atoms with Crippen molar-refractivity contribution in [3.63, 3.8) is 0 Å². The molecule has 28 heavy (non-hydrogen) atoms. The van der Waals surface area contributed by atoms with Crippen molar-refractivity contribution in [3.8, 4) is 0 Å². The summed E-state index contributed by atoms with van der Waals surface area (Å²) in [6.45, 7) is 3.05. The van der Waals surface area contributed by atoms with Gasteiger partial charge in [-0.05, 0) is 55.3 Å². The third-order valence-electron chi connectivity index (χ3n) is 5.27. The minimum Gasteiger partial charge on any atom is -0.361 e. The predicted molar refractivity (Wildman–Crippen MR) is 106 cm³/mol. The van der Waals surface area contributed by atoms with Crippen LogP contribution in [-0.4, -0.2) is 34.8 Å². The van der Waals surface area contributed by atoms with Crippen LogP contribution >= 0.6 is 0 Å². The van der Waals surface area contributed by atoms with Crippen molar-refractivity contribution in [2.24, 2.45) is 5.92 Å². The van der Waals surface area contributed by atoms with E-state index in [0.29, 0.717) is 18.8 Å². The monoisotopic (exact) mass is 379 g/mol. The van der Waals surface area contributed by atoms with E-state index in [-0.39, 0.29) is 30.0 Å². The van der Waals surface area contributed by atoms with E-state index in [4.69, 9.17) is 0 Å². The van der Waals surface area contributed by atoms with Crippen LogP contribution in [0, 0.1) is 18.7 Å². The molecule has 4 rings (SSSR count). The molecule has 0 radical (unpaired) electrons. The lowest BCUT2D eigenvalue weighted by atomic mass is 10.1. The summed E-state index contributed by atoms with van der Waals surface area (Å²) < 4.78 is 13.0. The maximum absolute atomic E-state index is 13.0. The number of aromatic nitrogens is 1. The molecule has 3 aromatic rings. The maximum Gasteiger partial charge on any atom is 0.229 e. The fraction of sp³-hybridized carbons (Fsp3) is 0.273. The number of nitrogens with zero attached hydrogens (tertiary/aromatic N) is 1. The number of hydrogen-bond acceptors (Lipinski definition) is 2. The van der Waals surface area contributed by atoms with Crippen molar-refractivity contribution in [1.29, 1.82) is 0 Å². The van der Waals surface area contributed by atoms with Crippen LogP contribution in [0.3, 0.4) is 0 Å². The number of rotatable bonds is 5. The average molecular weight is 379 g/mol. The molecule has 1 aromatic heterocycles. The number of aryl methyl sites for hydroxylation is 1. The highest BCUT2D eigenvalue weighted by molar-refractivity contribution is 5.97. The van der Waals surface area contributed by atoms with Gasteiger partial charge in [-0.2, -0.15) is 0 Å². The molecule has 144 valence electrons. The van der Waals surface area contributed by atoms with Crippen molar-refractivity contribution in [1.82, 2.24) is 9.88 Å². The van der Waals surface area contributed by atoms with Gasteiger partial charge in [0.25, 0.3) is 0 Å². The van der Waals surface area contributed by atoms with Gasteiger partial charge in [0, 0.05) is 42.3 Å². The molecule has 2 aromatic carbocycles. The number of amides is 2. The summed E-state index contributed by atoms with van der Waals surface area (Å²) in [4.78, 5) is 29.8. The molecule has 0 saturated carbocycles. The van der Waals surface area contributed by atoms with E-state index >= 15 is 0 Å². The Morgan fingerprint density at radius 3 is 2.82 bits per heavy atom.